The van der Waals surface area contributed by atoms with Crippen molar-refractivity contribution in [3.8, 4) is 0 Å². The molecule has 1 N–H and O–H groups in total. The summed E-state index contributed by atoms with van der Waals surface area (Å²) in [7, 11) is 0. The van der Waals surface area contributed by atoms with Crippen LogP contribution in [0.1, 0.15) is 24.0 Å². The number of benzene rings is 2. The van der Waals surface area contributed by atoms with Crippen molar-refractivity contribution in [1.82, 2.24) is 4.90 Å². The lowest BCUT2D eigenvalue weighted by Crippen LogP contribution is -2.50. The minimum absolute atomic E-state index is 0.0851. The van der Waals surface area contributed by atoms with Crippen molar-refractivity contribution < 1.29 is 9.59 Å². The third-order valence-electron chi connectivity index (χ3n) is 5.98. The number of anilines is 1. The van der Waals surface area contributed by atoms with E-state index in [2.05, 4.69) is 17.5 Å². The maximum Gasteiger partial charge on any atom is 0.228 e. The van der Waals surface area contributed by atoms with E-state index in [1.807, 2.05) is 48.2 Å². The quantitative estimate of drug-likeness (QED) is 0.737. The summed E-state index contributed by atoms with van der Waals surface area (Å²) in [5.41, 5.74) is 2.74. The Balaban J connectivity index is 1.51. The Morgan fingerprint density at radius 3 is 2.76 bits per heavy atom. The van der Waals surface area contributed by atoms with E-state index in [4.69, 9.17) is 11.6 Å². The van der Waals surface area contributed by atoms with Gasteiger partial charge in [-0.15, -0.1) is 0 Å². The zero-order valence-corrected chi connectivity index (χ0v) is 17.2. The van der Waals surface area contributed by atoms with Crippen molar-refractivity contribution in [3.05, 3.63) is 76.8 Å². The highest BCUT2D eigenvalue weighted by atomic mass is 35.5. The van der Waals surface area contributed by atoms with Crippen LogP contribution in [-0.4, -0.2) is 23.3 Å². The monoisotopic (exact) mass is 408 g/mol. The van der Waals surface area contributed by atoms with Gasteiger partial charge in [-0.3, -0.25) is 9.59 Å². The van der Waals surface area contributed by atoms with Gasteiger partial charge in [-0.2, -0.15) is 0 Å². The van der Waals surface area contributed by atoms with Gasteiger partial charge in [0, 0.05) is 23.8 Å². The van der Waals surface area contributed by atoms with Gasteiger partial charge in [0.1, 0.15) is 0 Å². The van der Waals surface area contributed by atoms with Crippen molar-refractivity contribution in [2.45, 2.75) is 26.3 Å². The minimum atomic E-state index is -0.355. The summed E-state index contributed by atoms with van der Waals surface area (Å²) >= 11 is 6.09. The second-order valence-corrected chi connectivity index (χ2v) is 8.35. The lowest BCUT2D eigenvalue weighted by atomic mass is 9.71. The first-order valence-electron chi connectivity index (χ1n) is 10.1. The van der Waals surface area contributed by atoms with Gasteiger partial charge in [0.2, 0.25) is 11.8 Å². The van der Waals surface area contributed by atoms with E-state index in [9.17, 15) is 9.59 Å². The molecule has 5 heteroatoms. The lowest BCUT2D eigenvalue weighted by Gasteiger charge is -2.41. The molecule has 1 aliphatic carbocycles. The Bertz CT molecular complexity index is 941. The van der Waals surface area contributed by atoms with E-state index in [1.54, 1.807) is 12.1 Å². The van der Waals surface area contributed by atoms with Crippen molar-refractivity contribution >= 4 is 29.1 Å². The molecule has 1 fully saturated rings. The first-order valence-corrected chi connectivity index (χ1v) is 10.5. The van der Waals surface area contributed by atoms with Gasteiger partial charge in [-0.05, 0) is 55.0 Å². The summed E-state index contributed by atoms with van der Waals surface area (Å²) in [4.78, 5) is 28.3. The summed E-state index contributed by atoms with van der Waals surface area (Å²) in [5, 5.41) is 3.66. The largest absolute Gasteiger partial charge is 0.338 e. The number of aryl methyl sites for hydroxylation is 1. The molecular formula is C24H25ClN2O2. The number of amides is 2. The molecule has 150 valence electrons. The number of nitrogens with one attached hydrogen (secondary N) is 1. The third kappa shape index (κ3) is 4.23. The number of carbonyl (C=O) groups excluding carboxylic acids is 2. The molecule has 2 aliphatic rings. The number of likely N-dealkylation sites (tertiary alicyclic amines) is 1. The van der Waals surface area contributed by atoms with Crippen LogP contribution in [0.4, 0.5) is 5.69 Å². The van der Waals surface area contributed by atoms with Crippen LogP contribution in [0.25, 0.3) is 0 Å². The number of carbonyl (C=O) groups is 2. The molecule has 4 rings (SSSR count). The van der Waals surface area contributed by atoms with Gasteiger partial charge in [-0.25, -0.2) is 0 Å². The van der Waals surface area contributed by atoms with Gasteiger partial charge < -0.3 is 10.2 Å². The Morgan fingerprint density at radius 2 is 2.00 bits per heavy atom. The number of rotatable bonds is 4. The number of hydrogen-bond donors (Lipinski definition) is 1. The summed E-state index contributed by atoms with van der Waals surface area (Å²) < 4.78 is 0. The van der Waals surface area contributed by atoms with E-state index < -0.39 is 0 Å². The molecule has 2 aromatic carbocycles. The first-order chi connectivity index (χ1) is 14.0. The van der Waals surface area contributed by atoms with Crippen molar-refractivity contribution in [3.63, 3.8) is 0 Å². The Labute approximate surface area is 176 Å². The molecule has 1 heterocycles. The number of allylic oxidation sites excluding steroid dienone is 2. The van der Waals surface area contributed by atoms with E-state index in [0.717, 1.165) is 24.1 Å². The number of hydrogen-bond acceptors (Lipinski definition) is 2. The minimum Gasteiger partial charge on any atom is -0.338 e. The fraction of sp³-hybridized carbons (Fsp3) is 0.333. The number of halogens is 1. The molecule has 29 heavy (non-hydrogen) atoms. The van der Waals surface area contributed by atoms with E-state index in [0.29, 0.717) is 23.7 Å². The third-order valence-corrected chi connectivity index (χ3v) is 6.40. The molecular weight excluding hydrogens is 384 g/mol. The number of fused-ring (bicyclic) bond motifs is 1. The highest BCUT2D eigenvalue weighted by molar-refractivity contribution is 6.31. The smallest absolute Gasteiger partial charge is 0.228 e. The summed E-state index contributed by atoms with van der Waals surface area (Å²) in [6, 6.07) is 15.5. The molecule has 0 spiro atoms. The normalized spacial score (nSPS) is 23.6. The summed E-state index contributed by atoms with van der Waals surface area (Å²) in [6.45, 7) is 3.23. The summed E-state index contributed by atoms with van der Waals surface area (Å²) in [6.07, 6.45) is 5.66. The van der Waals surface area contributed by atoms with Crippen LogP contribution in [-0.2, 0) is 16.1 Å². The van der Waals surface area contributed by atoms with Crippen LogP contribution in [0.2, 0.25) is 5.02 Å². The van der Waals surface area contributed by atoms with Crippen molar-refractivity contribution in [2.75, 3.05) is 11.9 Å². The van der Waals surface area contributed by atoms with Crippen LogP contribution in [0, 0.1) is 24.7 Å². The molecule has 1 saturated heterocycles. The van der Waals surface area contributed by atoms with Crippen LogP contribution < -0.4 is 5.32 Å². The predicted molar refractivity (Wildman–Crippen MR) is 116 cm³/mol. The van der Waals surface area contributed by atoms with E-state index >= 15 is 0 Å². The maximum absolute atomic E-state index is 13.3. The molecule has 0 saturated carbocycles. The standard InChI is InChI=1S/C24H25ClN2O2/c1-16-14-19(10-11-21(16)25)26-23(28)20-9-5-8-18-12-13-27(24(29)22(18)20)15-17-6-3-2-4-7-17/h2-8,10-11,14,18,20,22H,9,12-13,15H2,1H3,(H,26,28)/t18-,20-,22+/m0/s1. The van der Waals surface area contributed by atoms with Crippen LogP contribution in [0.3, 0.4) is 0 Å². The number of nitrogens with zero attached hydrogens (tertiary/aromatic N) is 1. The zero-order chi connectivity index (χ0) is 20.4. The average Bonchev–Trinajstić information content (AvgIpc) is 2.73. The Morgan fingerprint density at radius 1 is 1.21 bits per heavy atom. The topological polar surface area (TPSA) is 49.4 Å². The number of piperidine rings is 1. The second-order valence-electron chi connectivity index (χ2n) is 7.95. The molecule has 0 bridgehead atoms. The van der Waals surface area contributed by atoms with Crippen LogP contribution in [0.5, 0.6) is 0 Å². The second kappa shape index (κ2) is 8.42. The first kappa shape index (κ1) is 19.7. The molecule has 0 radical (unpaired) electrons. The van der Waals surface area contributed by atoms with E-state index in [-0.39, 0.29) is 29.6 Å². The fourth-order valence-corrected chi connectivity index (χ4v) is 4.53. The SMILES string of the molecule is Cc1cc(NC(=O)[C@H]2CC=C[C@H]3CCN(Cc4ccccc4)C(=O)[C@@H]23)ccc1Cl. The highest BCUT2D eigenvalue weighted by Gasteiger charge is 2.44. The molecule has 0 aromatic heterocycles. The fourth-order valence-electron chi connectivity index (χ4n) is 4.41. The lowest BCUT2D eigenvalue weighted by molar-refractivity contribution is -0.147. The van der Waals surface area contributed by atoms with Gasteiger partial charge in [0.15, 0.2) is 0 Å². The van der Waals surface area contributed by atoms with Crippen molar-refractivity contribution in [2.24, 2.45) is 17.8 Å². The van der Waals surface area contributed by atoms with Gasteiger partial charge in [-0.1, -0.05) is 54.1 Å². The molecule has 2 aromatic rings. The molecule has 3 atom stereocenters. The van der Waals surface area contributed by atoms with E-state index in [1.165, 1.54) is 0 Å². The maximum atomic E-state index is 13.3. The van der Waals surface area contributed by atoms with Gasteiger partial charge in [0.05, 0.1) is 11.8 Å². The Kier molecular flexibility index (Phi) is 5.72. The van der Waals surface area contributed by atoms with Gasteiger partial charge in [0.25, 0.3) is 0 Å². The van der Waals surface area contributed by atoms with Crippen LogP contribution in [0.15, 0.2) is 60.7 Å². The van der Waals surface area contributed by atoms with Gasteiger partial charge >= 0.3 is 0 Å². The molecule has 2 amide bonds. The average molecular weight is 409 g/mol. The van der Waals surface area contributed by atoms with Crippen LogP contribution >= 0.6 is 11.6 Å². The Hall–Kier alpha value is -2.59. The highest BCUT2D eigenvalue weighted by Crippen LogP contribution is 2.38. The molecule has 1 aliphatic heterocycles. The van der Waals surface area contributed by atoms with Crippen molar-refractivity contribution in [1.29, 1.82) is 0 Å². The zero-order valence-electron chi connectivity index (χ0n) is 16.5. The predicted octanol–water partition coefficient (Wildman–Crippen LogP) is 4.83. The molecule has 0 unspecified atom stereocenters. The summed E-state index contributed by atoms with van der Waals surface area (Å²) in [5.74, 6) is -0.535. The molecule has 4 nitrogen and oxygen atoms in total.